The maximum Gasteiger partial charge on any atom is 0.272 e. The topological polar surface area (TPSA) is 87.2 Å². The van der Waals surface area contributed by atoms with Crippen molar-refractivity contribution in [3.63, 3.8) is 0 Å². The average Bonchev–Trinajstić information content (AvgIpc) is 3.06. The van der Waals surface area contributed by atoms with Crippen LogP contribution in [0, 0.1) is 0 Å². The molecule has 0 saturated carbocycles. The van der Waals surface area contributed by atoms with Crippen LogP contribution < -0.4 is 14.5 Å². The number of hydrogen-bond acceptors (Lipinski definition) is 7. The number of thiocarbonyl (C=S) groups is 1. The van der Waals surface area contributed by atoms with Crippen molar-refractivity contribution in [1.82, 2.24) is 0 Å². The quantitative estimate of drug-likeness (QED) is 0.370. The van der Waals surface area contributed by atoms with Crippen LogP contribution in [0.4, 0.5) is 11.4 Å². The molecule has 1 amide bonds. The number of rotatable bonds is 6. The van der Waals surface area contributed by atoms with E-state index in [0.29, 0.717) is 32.9 Å². The van der Waals surface area contributed by atoms with Gasteiger partial charge in [0.2, 0.25) is 0 Å². The number of hydrogen-bond donors (Lipinski definition) is 1. The Bertz CT molecular complexity index is 1240. The molecule has 7 nitrogen and oxygen atoms in total. The van der Waals surface area contributed by atoms with Crippen LogP contribution in [0.1, 0.15) is 12.0 Å². The van der Waals surface area contributed by atoms with E-state index in [0.717, 1.165) is 11.3 Å². The zero-order valence-electron chi connectivity index (χ0n) is 17.1. The van der Waals surface area contributed by atoms with Gasteiger partial charge in [0.05, 0.1) is 24.2 Å². The summed E-state index contributed by atoms with van der Waals surface area (Å²) in [4.78, 5) is 17.2. The molecule has 0 atom stereocenters. The lowest BCUT2D eigenvalue weighted by Gasteiger charge is -2.31. The molecule has 0 aliphatic carbocycles. The molecule has 0 radical (unpaired) electrons. The van der Waals surface area contributed by atoms with E-state index >= 15 is 0 Å². The lowest BCUT2D eigenvalue weighted by molar-refractivity contribution is -0.113. The van der Waals surface area contributed by atoms with Gasteiger partial charge in [-0.3, -0.25) is 14.2 Å². The van der Waals surface area contributed by atoms with Gasteiger partial charge >= 0.3 is 0 Å². The minimum Gasteiger partial charge on any atom is -0.497 e. The highest BCUT2D eigenvalue weighted by Gasteiger charge is 2.37. The molecule has 0 bridgehead atoms. The molecular formula is C22H20N2O5S3. The van der Waals surface area contributed by atoms with Crippen molar-refractivity contribution in [1.29, 1.82) is 0 Å². The minimum absolute atomic E-state index is 0.198. The smallest absolute Gasteiger partial charge is 0.272 e. The first-order chi connectivity index (χ1) is 15.3. The van der Waals surface area contributed by atoms with E-state index in [1.165, 1.54) is 16.7 Å². The van der Waals surface area contributed by atoms with Gasteiger partial charge in [-0.05, 0) is 48.4 Å². The zero-order valence-corrected chi connectivity index (χ0v) is 19.5. The fraction of sp³-hybridized carbons (Fsp3) is 0.182. The van der Waals surface area contributed by atoms with E-state index in [1.807, 2.05) is 41.3 Å². The molecule has 1 N–H and O–H groups in total. The molecule has 2 aromatic rings. The zero-order chi connectivity index (χ0) is 22.9. The number of nitrogens with zero attached hydrogens (tertiary/aromatic N) is 2. The maximum absolute atomic E-state index is 13.4. The number of ether oxygens (including phenoxy) is 1. The molecule has 2 aliphatic rings. The van der Waals surface area contributed by atoms with Gasteiger partial charge in [0.1, 0.15) is 10.7 Å². The number of carbonyl (C=O) groups excluding carboxylic acids is 1. The van der Waals surface area contributed by atoms with Crippen LogP contribution in [0.2, 0.25) is 0 Å². The summed E-state index contributed by atoms with van der Waals surface area (Å²) in [5.41, 5.74) is 3.10. The number of methoxy groups -OCH3 is 1. The second-order valence-corrected chi connectivity index (χ2v) is 10.3. The Morgan fingerprint density at radius 2 is 1.81 bits per heavy atom. The first kappa shape index (κ1) is 22.5. The van der Waals surface area contributed by atoms with E-state index in [2.05, 4.69) is 0 Å². The monoisotopic (exact) mass is 488 g/mol. The Labute approximate surface area is 196 Å². The van der Waals surface area contributed by atoms with E-state index in [-0.39, 0.29) is 18.1 Å². The number of thioether (sulfide) groups is 1. The van der Waals surface area contributed by atoms with Gasteiger partial charge in [-0.1, -0.05) is 48.3 Å². The highest BCUT2D eigenvalue weighted by atomic mass is 32.2. The van der Waals surface area contributed by atoms with Gasteiger partial charge in [0.15, 0.2) is 4.32 Å². The first-order valence-corrected chi connectivity index (χ1v) is 12.6. The Balaban J connectivity index is 1.70. The number of fused-ring (bicyclic) bond motifs is 1. The largest absolute Gasteiger partial charge is 0.497 e. The second kappa shape index (κ2) is 9.07. The molecule has 1 fully saturated rings. The number of amides is 1. The van der Waals surface area contributed by atoms with Gasteiger partial charge in [-0.25, -0.2) is 0 Å². The molecule has 2 heterocycles. The number of allylic oxidation sites excluding steroid dienone is 1. The predicted molar refractivity (Wildman–Crippen MR) is 132 cm³/mol. The van der Waals surface area contributed by atoms with Crippen LogP contribution in [0.25, 0.3) is 6.08 Å². The van der Waals surface area contributed by atoms with Crippen LogP contribution in [-0.4, -0.2) is 42.6 Å². The van der Waals surface area contributed by atoms with Gasteiger partial charge in [0.25, 0.3) is 16.0 Å². The predicted octanol–water partition coefficient (Wildman–Crippen LogP) is 4.08. The van der Waals surface area contributed by atoms with E-state index in [9.17, 15) is 13.2 Å². The standard InChI is InChI=1S/C22H20N2O5S3/c1-29-17-10-8-16(9-11-17)24-21(25)20(31-22(24)30)19-12-7-15-5-2-3-6-18(15)23(19)13-4-14-32(26,27)28/h2-3,5-12H,4,13-14H2,1H3,(H,26,27,28)/b20-19+. The third-order valence-corrected chi connectivity index (χ3v) is 7.24. The molecule has 32 heavy (non-hydrogen) atoms. The van der Waals surface area contributed by atoms with Crippen molar-refractivity contribution >= 4 is 61.8 Å². The molecule has 0 unspecified atom stereocenters. The normalized spacial score (nSPS) is 18.3. The Morgan fingerprint density at radius 1 is 1.09 bits per heavy atom. The highest BCUT2D eigenvalue weighted by Crippen LogP contribution is 2.41. The Morgan fingerprint density at radius 3 is 2.50 bits per heavy atom. The summed E-state index contributed by atoms with van der Waals surface area (Å²) in [5, 5.41) is 0. The Kier molecular flexibility index (Phi) is 6.38. The van der Waals surface area contributed by atoms with Crippen molar-refractivity contribution in [3.05, 3.63) is 70.8 Å². The fourth-order valence-corrected chi connectivity index (χ4v) is 5.43. The van der Waals surface area contributed by atoms with E-state index in [1.54, 1.807) is 31.4 Å². The molecule has 1 saturated heterocycles. The molecule has 4 rings (SSSR count). The lowest BCUT2D eigenvalue weighted by Crippen LogP contribution is -2.31. The summed E-state index contributed by atoms with van der Waals surface area (Å²) in [6.07, 6.45) is 3.96. The van der Waals surface area contributed by atoms with Crippen molar-refractivity contribution in [3.8, 4) is 5.75 Å². The number of para-hydroxylation sites is 1. The Hall–Kier alpha value is -2.66. The molecule has 0 spiro atoms. The molecule has 2 aromatic carbocycles. The van der Waals surface area contributed by atoms with E-state index < -0.39 is 10.1 Å². The SMILES string of the molecule is COc1ccc(N2C(=O)/C(=C3/C=Cc4ccccc4N3CCCS(=O)(=O)O)SC2=S)cc1. The summed E-state index contributed by atoms with van der Waals surface area (Å²) in [5.74, 6) is 0.0634. The van der Waals surface area contributed by atoms with Crippen molar-refractivity contribution < 1.29 is 22.5 Å². The molecule has 166 valence electrons. The number of benzene rings is 2. The van der Waals surface area contributed by atoms with Gasteiger partial charge in [0, 0.05) is 12.2 Å². The molecule has 0 aromatic heterocycles. The van der Waals surface area contributed by atoms with Crippen LogP contribution in [-0.2, 0) is 14.9 Å². The van der Waals surface area contributed by atoms with Gasteiger partial charge in [-0.15, -0.1) is 0 Å². The highest BCUT2D eigenvalue weighted by molar-refractivity contribution is 8.27. The van der Waals surface area contributed by atoms with Crippen molar-refractivity contribution in [2.24, 2.45) is 0 Å². The summed E-state index contributed by atoms with van der Waals surface area (Å²) in [7, 11) is -2.51. The third kappa shape index (κ3) is 4.58. The molecule has 10 heteroatoms. The summed E-state index contributed by atoms with van der Waals surface area (Å²) in [6, 6.07) is 14.7. The third-order valence-electron chi connectivity index (χ3n) is 5.06. The lowest BCUT2D eigenvalue weighted by atomic mass is 10.0. The average molecular weight is 489 g/mol. The van der Waals surface area contributed by atoms with Crippen LogP contribution in [0.5, 0.6) is 5.75 Å². The summed E-state index contributed by atoms with van der Waals surface area (Å²) >= 11 is 6.71. The van der Waals surface area contributed by atoms with Crippen molar-refractivity contribution in [2.75, 3.05) is 29.2 Å². The van der Waals surface area contributed by atoms with Crippen LogP contribution >= 0.6 is 24.0 Å². The summed E-state index contributed by atoms with van der Waals surface area (Å²) < 4.78 is 37.2. The number of carbonyl (C=O) groups is 1. The van der Waals surface area contributed by atoms with Crippen molar-refractivity contribution in [2.45, 2.75) is 6.42 Å². The maximum atomic E-state index is 13.4. The minimum atomic E-state index is -4.08. The van der Waals surface area contributed by atoms with Gasteiger partial charge < -0.3 is 9.64 Å². The fourth-order valence-electron chi connectivity index (χ4n) is 3.58. The molecular weight excluding hydrogens is 468 g/mol. The second-order valence-electron chi connectivity index (χ2n) is 7.10. The van der Waals surface area contributed by atoms with Crippen LogP contribution in [0.3, 0.4) is 0 Å². The van der Waals surface area contributed by atoms with Crippen LogP contribution in [0.15, 0.2) is 65.2 Å². The molecule has 2 aliphatic heterocycles. The van der Waals surface area contributed by atoms with E-state index in [4.69, 9.17) is 21.5 Å². The first-order valence-electron chi connectivity index (χ1n) is 9.73. The number of anilines is 2. The van der Waals surface area contributed by atoms with Gasteiger partial charge in [-0.2, -0.15) is 8.42 Å². The summed E-state index contributed by atoms with van der Waals surface area (Å²) in [6.45, 7) is 0.309.